The van der Waals surface area contributed by atoms with Gasteiger partial charge in [-0.2, -0.15) is 0 Å². The zero-order valence-electron chi connectivity index (χ0n) is 5.64. The van der Waals surface area contributed by atoms with Crippen molar-refractivity contribution in [2.45, 2.75) is 24.7 Å². The highest BCUT2D eigenvalue weighted by atomic mass is 16.3. The van der Waals surface area contributed by atoms with Gasteiger partial charge in [0.05, 0.1) is 12.2 Å². The Bertz CT molecular complexity index is 120. The Labute approximate surface area is 59.3 Å². The first-order chi connectivity index (χ1) is 4.66. The van der Waals surface area contributed by atoms with Gasteiger partial charge in [-0.05, 0) is 6.42 Å². The molecule has 4 heteroatoms. The Hall–Kier alpha value is -0.160. The van der Waals surface area contributed by atoms with Crippen molar-refractivity contribution in [3.8, 4) is 0 Å². The Morgan fingerprint density at radius 1 is 1.30 bits per heavy atom. The van der Waals surface area contributed by atoms with Gasteiger partial charge in [0.1, 0.15) is 0 Å². The lowest BCUT2D eigenvalue weighted by Gasteiger charge is -2.13. The second kappa shape index (κ2) is 2.84. The highest BCUT2D eigenvalue weighted by Gasteiger charge is 2.38. The second-order valence-electron chi connectivity index (χ2n) is 2.82. The van der Waals surface area contributed by atoms with E-state index in [1.54, 1.807) is 0 Å². The van der Waals surface area contributed by atoms with Crippen LogP contribution in [0.4, 0.5) is 0 Å². The molecule has 0 radical (unpaired) electrons. The van der Waals surface area contributed by atoms with Gasteiger partial charge in [0.2, 0.25) is 0 Å². The molecule has 0 unspecified atom stereocenters. The van der Waals surface area contributed by atoms with E-state index in [4.69, 9.17) is 21.1 Å². The van der Waals surface area contributed by atoms with Crippen molar-refractivity contribution in [2.75, 3.05) is 6.61 Å². The Kier molecular flexibility index (Phi) is 2.25. The average Bonchev–Trinajstić information content (AvgIpc) is 2.17. The fourth-order valence-electron chi connectivity index (χ4n) is 1.34. The molecule has 1 rings (SSSR count). The van der Waals surface area contributed by atoms with E-state index in [1.807, 2.05) is 0 Å². The summed E-state index contributed by atoms with van der Waals surface area (Å²) in [5.74, 6) is -0.245. The van der Waals surface area contributed by atoms with Gasteiger partial charge in [0.15, 0.2) is 0 Å². The van der Waals surface area contributed by atoms with Gasteiger partial charge in [0.25, 0.3) is 0 Å². The first kappa shape index (κ1) is 7.94. The third-order valence-corrected chi connectivity index (χ3v) is 2.08. The first-order valence-electron chi connectivity index (χ1n) is 3.39. The largest absolute Gasteiger partial charge is 0.396 e. The number of nitrogens with two attached hydrogens (primary N) is 1. The van der Waals surface area contributed by atoms with Gasteiger partial charge in [-0.25, -0.2) is 0 Å². The normalized spacial score (nSPS) is 48.0. The summed E-state index contributed by atoms with van der Waals surface area (Å²) in [6, 6.07) is -0.382. The molecule has 0 amide bonds. The monoisotopic (exact) mass is 147 g/mol. The summed E-state index contributed by atoms with van der Waals surface area (Å²) in [5, 5.41) is 26.9. The van der Waals surface area contributed by atoms with Crippen LogP contribution in [0.3, 0.4) is 0 Å². The molecule has 0 aromatic carbocycles. The summed E-state index contributed by atoms with van der Waals surface area (Å²) in [6.45, 7) is -0.105. The predicted octanol–water partition coefficient (Wildman–Crippen LogP) is -1.95. The molecule has 60 valence electrons. The van der Waals surface area contributed by atoms with Crippen molar-refractivity contribution in [1.82, 2.24) is 0 Å². The molecule has 0 spiro atoms. The fourth-order valence-corrected chi connectivity index (χ4v) is 1.34. The van der Waals surface area contributed by atoms with E-state index >= 15 is 0 Å². The van der Waals surface area contributed by atoms with Gasteiger partial charge < -0.3 is 21.1 Å². The van der Waals surface area contributed by atoms with Crippen LogP contribution in [-0.2, 0) is 0 Å². The molecule has 4 atom stereocenters. The summed E-state index contributed by atoms with van der Waals surface area (Å²) in [4.78, 5) is 0. The number of hydrogen-bond donors (Lipinski definition) is 4. The van der Waals surface area contributed by atoms with Crippen molar-refractivity contribution in [3.63, 3.8) is 0 Å². The summed E-state index contributed by atoms with van der Waals surface area (Å²) in [7, 11) is 0. The molecule has 0 aromatic rings. The first-order valence-corrected chi connectivity index (χ1v) is 3.39. The van der Waals surface area contributed by atoms with Crippen molar-refractivity contribution in [3.05, 3.63) is 0 Å². The van der Waals surface area contributed by atoms with Crippen molar-refractivity contribution >= 4 is 0 Å². The topological polar surface area (TPSA) is 86.7 Å². The molecule has 0 aromatic heterocycles. The van der Waals surface area contributed by atoms with Crippen molar-refractivity contribution in [1.29, 1.82) is 0 Å². The minimum Gasteiger partial charge on any atom is -0.396 e. The molecule has 0 saturated heterocycles. The van der Waals surface area contributed by atoms with Crippen LogP contribution < -0.4 is 5.73 Å². The Balaban J connectivity index is 2.53. The highest BCUT2D eigenvalue weighted by molar-refractivity contribution is 4.92. The summed E-state index contributed by atoms with van der Waals surface area (Å²) < 4.78 is 0. The summed E-state index contributed by atoms with van der Waals surface area (Å²) in [6.07, 6.45) is -1.21. The standard InChI is InChI=1S/C6H13NO3/c7-4-1-3(2-8)5(9)6(4)10/h3-6,8-10H,1-2,7H2/t3-,4-,5+,6-/m1/s1. The molecule has 1 fully saturated rings. The van der Waals surface area contributed by atoms with Gasteiger partial charge in [-0.15, -0.1) is 0 Å². The lowest BCUT2D eigenvalue weighted by Crippen LogP contribution is -2.35. The van der Waals surface area contributed by atoms with Crippen LogP contribution >= 0.6 is 0 Å². The van der Waals surface area contributed by atoms with E-state index in [1.165, 1.54) is 0 Å². The third-order valence-electron chi connectivity index (χ3n) is 2.08. The van der Waals surface area contributed by atoms with Crippen LogP contribution in [0.15, 0.2) is 0 Å². The predicted molar refractivity (Wildman–Crippen MR) is 35.2 cm³/mol. The molecule has 0 heterocycles. The third kappa shape index (κ3) is 1.15. The van der Waals surface area contributed by atoms with Crippen LogP contribution in [0.2, 0.25) is 0 Å². The van der Waals surface area contributed by atoms with E-state index in [-0.39, 0.29) is 18.6 Å². The minimum absolute atomic E-state index is 0.105. The molecule has 10 heavy (non-hydrogen) atoms. The zero-order valence-corrected chi connectivity index (χ0v) is 5.64. The average molecular weight is 147 g/mol. The molecule has 0 aliphatic heterocycles. The molecule has 1 saturated carbocycles. The van der Waals surface area contributed by atoms with Gasteiger partial charge in [-0.3, -0.25) is 0 Å². The lowest BCUT2D eigenvalue weighted by atomic mass is 10.1. The van der Waals surface area contributed by atoms with Gasteiger partial charge >= 0.3 is 0 Å². The molecule has 1 aliphatic rings. The van der Waals surface area contributed by atoms with Crippen LogP contribution in [0.1, 0.15) is 6.42 Å². The SMILES string of the molecule is N[C@@H]1C[C@H](CO)[C@H](O)[C@@H]1O. The smallest absolute Gasteiger partial charge is 0.0953 e. The summed E-state index contributed by atoms with van der Waals surface area (Å²) >= 11 is 0. The highest BCUT2D eigenvalue weighted by Crippen LogP contribution is 2.24. The molecule has 0 bridgehead atoms. The van der Waals surface area contributed by atoms with Gasteiger partial charge in [-0.1, -0.05) is 0 Å². The van der Waals surface area contributed by atoms with Crippen LogP contribution in [-0.4, -0.2) is 40.2 Å². The maximum Gasteiger partial charge on any atom is 0.0953 e. The van der Waals surface area contributed by atoms with Crippen LogP contribution in [0.25, 0.3) is 0 Å². The maximum absolute atomic E-state index is 9.14. The molecule has 5 N–H and O–H groups in total. The van der Waals surface area contributed by atoms with E-state index in [2.05, 4.69) is 0 Å². The Morgan fingerprint density at radius 3 is 2.10 bits per heavy atom. The molecular weight excluding hydrogens is 134 g/mol. The quantitative estimate of drug-likeness (QED) is 0.347. The number of aliphatic hydroxyl groups is 3. The number of rotatable bonds is 1. The molecular formula is C6H13NO3. The summed E-state index contributed by atoms with van der Waals surface area (Å²) in [5.41, 5.74) is 5.41. The molecule has 1 aliphatic carbocycles. The zero-order chi connectivity index (χ0) is 7.72. The maximum atomic E-state index is 9.14. The van der Waals surface area contributed by atoms with E-state index in [0.717, 1.165) is 0 Å². The van der Waals surface area contributed by atoms with E-state index in [9.17, 15) is 0 Å². The molecule has 4 nitrogen and oxygen atoms in total. The van der Waals surface area contributed by atoms with E-state index in [0.29, 0.717) is 6.42 Å². The number of aliphatic hydroxyl groups excluding tert-OH is 3. The fraction of sp³-hybridized carbons (Fsp3) is 1.00. The second-order valence-corrected chi connectivity index (χ2v) is 2.82. The lowest BCUT2D eigenvalue weighted by molar-refractivity contribution is 0.00300. The van der Waals surface area contributed by atoms with Crippen molar-refractivity contribution in [2.24, 2.45) is 11.7 Å². The van der Waals surface area contributed by atoms with Crippen LogP contribution in [0.5, 0.6) is 0 Å². The van der Waals surface area contributed by atoms with E-state index < -0.39 is 12.2 Å². The number of hydrogen-bond acceptors (Lipinski definition) is 4. The van der Waals surface area contributed by atoms with Gasteiger partial charge in [0, 0.05) is 18.6 Å². The Morgan fingerprint density at radius 2 is 1.90 bits per heavy atom. The minimum atomic E-state index is -0.864. The van der Waals surface area contributed by atoms with Crippen LogP contribution in [0, 0.1) is 5.92 Å². The van der Waals surface area contributed by atoms with Crippen molar-refractivity contribution < 1.29 is 15.3 Å².